The zero-order chi connectivity index (χ0) is 23.1. The maximum atomic E-state index is 12.7. The van der Waals surface area contributed by atoms with E-state index in [4.69, 9.17) is 4.74 Å². The third kappa shape index (κ3) is 5.70. The number of carbonyl (C=O) groups excluding carboxylic acids is 3. The maximum absolute atomic E-state index is 12.7. The number of nitrogens with one attached hydrogen (secondary N) is 1. The van der Waals surface area contributed by atoms with Crippen LogP contribution in [0.2, 0.25) is 0 Å². The topological polar surface area (TPSA) is 110 Å². The highest BCUT2D eigenvalue weighted by molar-refractivity contribution is 7.16. The number of ether oxygens (including phenoxy) is 2. The largest absolute Gasteiger partial charge is 0.466 e. The first-order valence-electron chi connectivity index (χ1n) is 10.2. The molecule has 2 amide bonds. The predicted molar refractivity (Wildman–Crippen MR) is 121 cm³/mol. The number of esters is 1. The van der Waals surface area contributed by atoms with E-state index in [9.17, 15) is 14.4 Å². The van der Waals surface area contributed by atoms with Crippen LogP contribution in [0.3, 0.4) is 0 Å². The lowest BCUT2D eigenvalue weighted by Crippen LogP contribution is -2.36. The number of rotatable bonds is 7. The van der Waals surface area contributed by atoms with Gasteiger partial charge in [-0.25, -0.2) is 9.59 Å². The number of anilines is 1. The number of methoxy groups -OCH3 is 1. The van der Waals surface area contributed by atoms with Crippen LogP contribution < -0.4 is 5.32 Å². The van der Waals surface area contributed by atoms with Crippen molar-refractivity contribution in [1.82, 2.24) is 9.88 Å². The predicted octanol–water partition coefficient (Wildman–Crippen LogP) is 2.99. The van der Waals surface area contributed by atoms with Crippen molar-refractivity contribution >= 4 is 40.5 Å². The number of hydrogen-bond donors (Lipinski definition) is 1. The Morgan fingerprint density at radius 3 is 2.91 bits per heavy atom. The van der Waals surface area contributed by atoms with Gasteiger partial charge in [-0.1, -0.05) is 13.0 Å². The molecule has 0 aliphatic carbocycles. The fourth-order valence-electron chi connectivity index (χ4n) is 3.45. The molecule has 2 aromatic rings. The summed E-state index contributed by atoms with van der Waals surface area (Å²) in [5.41, 5.74) is 2.94. The third-order valence-corrected chi connectivity index (χ3v) is 6.30. The first kappa shape index (κ1) is 23.4. The first-order chi connectivity index (χ1) is 15.4. The van der Waals surface area contributed by atoms with Crippen molar-refractivity contribution in [3.8, 4) is 0 Å². The summed E-state index contributed by atoms with van der Waals surface area (Å²) in [7, 11) is 2.92. The summed E-state index contributed by atoms with van der Waals surface area (Å²) in [6.45, 7) is 2.35. The van der Waals surface area contributed by atoms with Gasteiger partial charge in [0.1, 0.15) is 5.00 Å². The molecule has 1 unspecified atom stereocenters. The molecule has 9 nitrogen and oxygen atoms in total. The SMILES string of the molecule is CN=Cc1c(NC(=O)CC(C)c2cccnc2)sc2c1CCN(C(=O)OCC(=O)OC)C2. The highest BCUT2D eigenvalue weighted by Crippen LogP contribution is 2.36. The van der Waals surface area contributed by atoms with Gasteiger partial charge < -0.3 is 19.7 Å². The number of pyridine rings is 1. The minimum atomic E-state index is -0.612. The molecule has 0 fully saturated rings. The number of carbonyl (C=O) groups is 3. The van der Waals surface area contributed by atoms with Crippen LogP contribution in [0, 0.1) is 0 Å². The monoisotopic (exact) mass is 458 g/mol. The molecule has 32 heavy (non-hydrogen) atoms. The summed E-state index contributed by atoms with van der Waals surface area (Å²) < 4.78 is 9.49. The highest BCUT2D eigenvalue weighted by atomic mass is 32.1. The molecule has 0 radical (unpaired) electrons. The van der Waals surface area contributed by atoms with Gasteiger partial charge in [-0.2, -0.15) is 0 Å². The summed E-state index contributed by atoms with van der Waals surface area (Å²) in [5, 5.41) is 3.73. The molecule has 1 atom stereocenters. The minimum Gasteiger partial charge on any atom is -0.466 e. The van der Waals surface area contributed by atoms with Gasteiger partial charge in [-0.3, -0.25) is 14.8 Å². The quantitative estimate of drug-likeness (QED) is 0.505. The lowest BCUT2D eigenvalue weighted by Gasteiger charge is -2.26. The molecular weight excluding hydrogens is 432 g/mol. The Labute approximate surface area is 190 Å². The molecular formula is C22H26N4O5S. The van der Waals surface area contributed by atoms with Crippen molar-refractivity contribution in [2.45, 2.75) is 32.2 Å². The van der Waals surface area contributed by atoms with Crippen LogP contribution >= 0.6 is 11.3 Å². The normalized spacial score (nSPS) is 14.0. The number of hydrogen-bond acceptors (Lipinski definition) is 8. The van der Waals surface area contributed by atoms with Crippen LogP contribution in [0.5, 0.6) is 0 Å². The van der Waals surface area contributed by atoms with Crippen LogP contribution in [0.4, 0.5) is 9.80 Å². The summed E-state index contributed by atoms with van der Waals surface area (Å²) in [4.78, 5) is 47.0. The van der Waals surface area contributed by atoms with Crippen molar-refractivity contribution < 1.29 is 23.9 Å². The molecule has 3 rings (SSSR count). The third-order valence-electron chi connectivity index (χ3n) is 5.15. The van der Waals surface area contributed by atoms with Crippen molar-refractivity contribution in [3.63, 3.8) is 0 Å². The average molecular weight is 459 g/mol. The number of nitrogens with zero attached hydrogens (tertiary/aromatic N) is 3. The maximum Gasteiger partial charge on any atom is 0.410 e. The number of fused-ring (bicyclic) bond motifs is 1. The van der Waals surface area contributed by atoms with E-state index < -0.39 is 18.7 Å². The number of aromatic nitrogens is 1. The van der Waals surface area contributed by atoms with Gasteiger partial charge in [0.25, 0.3) is 0 Å². The standard InChI is InChI=1S/C22H26N4O5S/c1-14(15-5-4-7-24-10-15)9-19(27)25-21-17(11-23-2)16-6-8-26(12-18(16)32-21)22(29)31-13-20(28)30-3/h4-5,7,10-11,14H,6,8-9,12-13H2,1-3H3,(H,25,27). The molecule has 0 saturated heterocycles. The van der Waals surface area contributed by atoms with Gasteiger partial charge >= 0.3 is 12.1 Å². The molecule has 170 valence electrons. The molecule has 3 heterocycles. The van der Waals surface area contributed by atoms with E-state index in [1.807, 2.05) is 19.1 Å². The van der Waals surface area contributed by atoms with Crippen LogP contribution in [-0.2, 0) is 32.0 Å². The van der Waals surface area contributed by atoms with E-state index >= 15 is 0 Å². The van der Waals surface area contributed by atoms with Gasteiger partial charge in [-0.05, 0) is 29.5 Å². The van der Waals surface area contributed by atoms with E-state index in [0.29, 0.717) is 30.9 Å². The molecule has 0 saturated carbocycles. The molecule has 2 aromatic heterocycles. The number of amides is 2. The van der Waals surface area contributed by atoms with Gasteiger partial charge in [0.05, 0.1) is 13.7 Å². The van der Waals surface area contributed by atoms with Crippen LogP contribution in [0.15, 0.2) is 29.5 Å². The lowest BCUT2D eigenvalue weighted by molar-refractivity contribution is -0.144. The van der Waals surface area contributed by atoms with E-state index in [-0.39, 0.29) is 11.8 Å². The lowest BCUT2D eigenvalue weighted by atomic mass is 9.99. The summed E-state index contributed by atoms with van der Waals surface area (Å²) in [5.74, 6) is -0.680. The van der Waals surface area contributed by atoms with Crippen LogP contribution in [-0.4, -0.2) is 61.4 Å². The zero-order valence-corrected chi connectivity index (χ0v) is 19.1. The molecule has 1 N–H and O–H groups in total. The van der Waals surface area contributed by atoms with Crippen molar-refractivity contribution in [2.75, 3.05) is 32.6 Å². The van der Waals surface area contributed by atoms with Crippen molar-refractivity contribution in [2.24, 2.45) is 4.99 Å². The highest BCUT2D eigenvalue weighted by Gasteiger charge is 2.28. The minimum absolute atomic E-state index is 0.0293. The Hall–Kier alpha value is -3.27. The van der Waals surface area contributed by atoms with Gasteiger partial charge in [0.2, 0.25) is 5.91 Å². The van der Waals surface area contributed by atoms with E-state index in [1.54, 1.807) is 25.7 Å². The van der Waals surface area contributed by atoms with Gasteiger partial charge in [0.15, 0.2) is 6.61 Å². The van der Waals surface area contributed by atoms with Crippen LogP contribution in [0.1, 0.15) is 40.8 Å². The Bertz CT molecular complexity index is 1010. The average Bonchev–Trinajstić information content (AvgIpc) is 3.13. The summed E-state index contributed by atoms with van der Waals surface area (Å²) in [6.07, 6.45) is 5.56. The van der Waals surface area contributed by atoms with E-state index in [2.05, 4.69) is 20.0 Å². The zero-order valence-electron chi connectivity index (χ0n) is 18.3. The molecule has 1 aliphatic rings. The van der Waals surface area contributed by atoms with E-state index in [0.717, 1.165) is 21.6 Å². The van der Waals surface area contributed by atoms with Gasteiger partial charge in [-0.15, -0.1) is 11.3 Å². The molecule has 0 spiro atoms. The first-order valence-corrected chi connectivity index (χ1v) is 11.0. The Morgan fingerprint density at radius 2 is 2.22 bits per heavy atom. The molecule has 0 bridgehead atoms. The van der Waals surface area contributed by atoms with Crippen molar-refractivity contribution in [3.05, 3.63) is 46.1 Å². The Kier molecular flexibility index (Phi) is 7.93. The second-order valence-corrected chi connectivity index (χ2v) is 8.48. The summed E-state index contributed by atoms with van der Waals surface area (Å²) >= 11 is 1.43. The molecule has 1 aliphatic heterocycles. The number of aliphatic imine (C=N–C) groups is 1. The van der Waals surface area contributed by atoms with Crippen molar-refractivity contribution in [1.29, 1.82) is 0 Å². The fraction of sp³-hybridized carbons (Fsp3) is 0.409. The van der Waals surface area contributed by atoms with Crippen LogP contribution in [0.25, 0.3) is 0 Å². The Morgan fingerprint density at radius 1 is 1.41 bits per heavy atom. The van der Waals surface area contributed by atoms with Gasteiger partial charge in [0, 0.05) is 49.1 Å². The fourth-order valence-corrected chi connectivity index (χ4v) is 4.71. The molecule has 10 heteroatoms. The van der Waals surface area contributed by atoms with E-state index in [1.165, 1.54) is 23.3 Å². The molecule has 0 aromatic carbocycles. The Balaban J connectivity index is 1.69. The smallest absolute Gasteiger partial charge is 0.410 e. The second kappa shape index (κ2) is 10.9. The second-order valence-electron chi connectivity index (χ2n) is 7.38. The summed E-state index contributed by atoms with van der Waals surface area (Å²) in [6, 6.07) is 3.81. The number of thiophene rings is 1.